The van der Waals surface area contributed by atoms with Gasteiger partial charge in [-0.25, -0.2) is 0 Å². The summed E-state index contributed by atoms with van der Waals surface area (Å²) in [6.07, 6.45) is 6.64. The van der Waals surface area contributed by atoms with Crippen LogP contribution >= 0.6 is 0 Å². The van der Waals surface area contributed by atoms with Crippen molar-refractivity contribution in [2.45, 2.75) is 51.1 Å². The van der Waals surface area contributed by atoms with Gasteiger partial charge in [0.05, 0.1) is 6.04 Å². The van der Waals surface area contributed by atoms with Gasteiger partial charge in [-0.1, -0.05) is 6.42 Å². The molecule has 3 rings (SSSR count). The second-order valence-corrected chi connectivity index (χ2v) is 6.59. The molecule has 1 aliphatic heterocycles. The first-order valence-electron chi connectivity index (χ1n) is 7.99. The summed E-state index contributed by atoms with van der Waals surface area (Å²) in [5, 5.41) is 3.12. The van der Waals surface area contributed by atoms with Crippen molar-refractivity contribution >= 4 is 5.91 Å². The summed E-state index contributed by atoms with van der Waals surface area (Å²) in [6, 6.07) is 0.529. The molecule has 0 aromatic rings. The van der Waals surface area contributed by atoms with Crippen LogP contribution in [0.4, 0.5) is 0 Å². The van der Waals surface area contributed by atoms with Gasteiger partial charge in [-0.05, 0) is 38.5 Å². The molecule has 108 valence electrons. The Bertz CT molecular complexity index is 317. The fraction of sp³-hybridized carbons (Fsp3) is 0.933. The Kier molecular flexibility index (Phi) is 4.08. The quantitative estimate of drug-likeness (QED) is 0.808. The van der Waals surface area contributed by atoms with Gasteiger partial charge in [-0.3, -0.25) is 9.69 Å². The van der Waals surface area contributed by atoms with E-state index in [0.29, 0.717) is 6.04 Å². The molecule has 1 heterocycles. The van der Waals surface area contributed by atoms with E-state index in [-0.39, 0.29) is 11.9 Å². The average molecular weight is 265 g/mol. The molecule has 19 heavy (non-hydrogen) atoms. The SMILES string of the molecule is CC(C(=O)NC1CC1)N1CCN(CC2CCC2)CC1. The molecule has 4 nitrogen and oxygen atoms in total. The number of piperazine rings is 1. The Labute approximate surface area is 116 Å². The summed E-state index contributed by atoms with van der Waals surface area (Å²) in [7, 11) is 0. The maximum Gasteiger partial charge on any atom is 0.237 e. The molecule has 0 aromatic heterocycles. The number of carbonyl (C=O) groups excluding carboxylic acids is 1. The highest BCUT2D eigenvalue weighted by Gasteiger charge is 2.30. The lowest BCUT2D eigenvalue weighted by atomic mass is 9.85. The second-order valence-electron chi connectivity index (χ2n) is 6.59. The van der Waals surface area contributed by atoms with Crippen LogP contribution in [0.1, 0.15) is 39.0 Å². The van der Waals surface area contributed by atoms with Crippen LogP contribution in [0.2, 0.25) is 0 Å². The van der Waals surface area contributed by atoms with Gasteiger partial charge in [0.2, 0.25) is 5.91 Å². The summed E-state index contributed by atoms with van der Waals surface area (Å²) < 4.78 is 0. The summed E-state index contributed by atoms with van der Waals surface area (Å²) >= 11 is 0. The van der Waals surface area contributed by atoms with Crippen LogP contribution in [0.5, 0.6) is 0 Å². The molecule has 3 aliphatic rings. The molecular formula is C15H27N3O. The van der Waals surface area contributed by atoms with E-state index in [1.807, 2.05) is 0 Å². The normalized spacial score (nSPS) is 27.8. The summed E-state index contributed by atoms with van der Waals surface area (Å²) in [4.78, 5) is 17.0. The van der Waals surface area contributed by atoms with E-state index in [0.717, 1.165) is 32.1 Å². The van der Waals surface area contributed by atoms with Crippen molar-refractivity contribution in [3.8, 4) is 0 Å². The Morgan fingerprint density at radius 3 is 2.37 bits per heavy atom. The smallest absolute Gasteiger partial charge is 0.237 e. The van der Waals surface area contributed by atoms with Gasteiger partial charge in [-0.2, -0.15) is 0 Å². The number of nitrogens with zero attached hydrogens (tertiary/aromatic N) is 2. The first kappa shape index (κ1) is 13.4. The average Bonchev–Trinajstić information content (AvgIpc) is 3.17. The van der Waals surface area contributed by atoms with E-state index in [1.54, 1.807) is 0 Å². The van der Waals surface area contributed by atoms with Crippen molar-refractivity contribution in [1.29, 1.82) is 0 Å². The third kappa shape index (κ3) is 3.48. The maximum atomic E-state index is 12.0. The van der Waals surface area contributed by atoms with Crippen LogP contribution in [0.25, 0.3) is 0 Å². The number of hydrogen-bond acceptors (Lipinski definition) is 3. The lowest BCUT2D eigenvalue weighted by Crippen LogP contribution is -2.54. The van der Waals surface area contributed by atoms with Crippen LogP contribution < -0.4 is 5.32 Å². The molecule has 4 heteroatoms. The standard InChI is InChI=1S/C15H27N3O/c1-12(15(19)16-14-5-6-14)18-9-7-17(8-10-18)11-13-3-2-4-13/h12-14H,2-11H2,1H3,(H,16,19). The molecule has 3 fully saturated rings. The maximum absolute atomic E-state index is 12.0. The van der Waals surface area contributed by atoms with Gasteiger partial charge in [0, 0.05) is 38.8 Å². The highest BCUT2D eigenvalue weighted by Crippen LogP contribution is 2.27. The second kappa shape index (κ2) is 5.80. The minimum atomic E-state index is 0.0476. The molecular weight excluding hydrogens is 238 g/mol. The highest BCUT2D eigenvalue weighted by molar-refractivity contribution is 5.81. The van der Waals surface area contributed by atoms with Gasteiger partial charge >= 0.3 is 0 Å². The molecule has 0 radical (unpaired) electrons. The summed E-state index contributed by atoms with van der Waals surface area (Å²) in [5.74, 6) is 1.19. The molecule has 1 unspecified atom stereocenters. The summed E-state index contributed by atoms with van der Waals surface area (Å²) in [6.45, 7) is 7.71. The predicted molar refractivity (Wildman–Crippen MR) is 76.0 cm³/mol. The van der Waals surface area contributed by atoms with Crippen molar-refractivity contribution < 1.29 is 4.79 Å². The Morgan fingerprint density at radius 2 is 1.84 bits per heavy atom. The number of hydrogen-bond donors (Lipinski definition) is 1. The van der Waals surface area contributed by atoms with Gasteiger partial charge in [-0.15, -0.1) is 0 Å². The molecule has 1 amide bonds. The minimum Gasteiger partial charge on any atom is -0.352 e. The monoisotopic (exact) mass is 265 g/mol. The minimum absolute atomic E-state index is 0.0476. The van der Waals surface area contributed by atoms with E-state index in [9.17, 15) is 4.79 Å². The van der Waals surface area contributed by atoms with Crippen molar-refractivity contribution in [3.05, 3.63) is 0 Å². The van der Waals surface area contributed by atoms with Crippen LogP contribution in [0.15, 0.2) is 0 Å². The van der Waals surface area contributed by atoms with Crippen LogP contribution in [-0.4, -0.2) is 60.5 Å². The van der Waals surface area contributed by atoms with Gasteiger partial charge < -0.3 is 10.2 Å². The number of nitrogens with one attached hydrogen (secondary N) is 1. The fourth-order valence-electron chi connectivity index (χ4n) is 3.09. The van der Waals surface area contributed by atoms with Gasteiger partial charge in [0.1, 0.15) is 0 Å². The van der Waals surface area contributed by atoms with Crippen molar-refractivity contribution in [3.63, 3.8) is 0 Å². The molecule has 1 atom stereocenters. The van der Waals surface area contributed by atoms with E-state index in [4.69, 9.17) is 0 Å². The Hall–Kier alpha value is -0.610. The number of amides is 1. The topological polar surface area (TPSA) is 35.6 Å². The number of rotatable bonds is 5. The molecule has 0 spiro atoms. The van der Waals surface area contributed by atoms with Gasteiger partial charge in [0.15, 0.2) is 0 Å². The van der Waals surface area contributed by atoms with Crippen molar-refractivity contribution in [1.82, 2.24) is 15.1 Å². The Balaban J connectivity index is 1.39. The largest absolute Gasteiger partial charge is 0.352 e. The van der Waals surface area contributed by atoms with Crippen LogP contribution in [0.3, 0.4) is 0 Å². The lowest BCUT2D eigenvalue weighted by Gasteiger charge is -2.40. The van der Waals surface area contributed by atoms with Crippen molar-refractivity contribution in [2.24, 2.45) is 5.92 Å². The first-order chi connectivity index (χ1) is 9.22. The van der Waals surface area contributed by atoms with Crippen LogP contribution in [0, 0.1) is 5.92 Å². The third-order valence-electron chi connectivity index (χ3n) is 5.00. The van der Waals surface area contributed by atoms with Crippen LogP contribution in [-0.2, 0) is 4.79 Å². The number of carbonyl (C=O) groups is 1. The van der Waals surface area contributed by atoms with E-state index in [1.165, 1.54) is 38.6 Å². The fourth-order valence-corrected chi connectivity index (χ4v) is 3.09. The zero-order chi connectivity index (χ0) is 13.2. The zero-order valence-electron chi connectivity index (χ0n) is 12.1. The molecule has 2 saturated carbocycles. The predicted octanol–water partition coefficient (Wildman–Crippen LogP) is 1.07. The van der Waals surface area contributed by atoms with Crippen molar-refractivity contribution in [2.75, 3.05) is 32.7 Å². The van der Waals surface area contributed by atoms with Gasteiger partial charge in [0.25, 0.3) is 0 Å². The third-order valence-corrected chi connectivity index (χ3v) is 5.00. The molecule has 1 saturated heterocycles. The molecule has 1 N–H and O–H groups in total. The highest BCUT2D eigenvalue weighted by atomic mass is 16.2. The molecule has 2 aliphatic carbocycles. The van der Waals surface area contributed by atoms with E-state index < -0.39 is 0 Å². The lowest BCUT2D eigenvalue weighted by molar-refractivity contribution is -0.126. The van der Waals surface area contributed by atoms with E-state index >= 15 is 0 Å². The Morgan fingerprint density at radius 1 is 1.16 bits per heavy atom. The summed E-state index contributed by atoms with van der Waals surface area (Å²) in [5.41, 5.74) is 0. The molecule has 0 bridgehead atoms. The molecule has 0 aromatic carbocycles. The van der Waals surface area contributed by atoms with E-state index in [2.05, 4.69) is 22.0 Å². The zero-order valence-corrected chi connectivity index (χ0v) is 12.1. The first-order valence-corrected chi connectivity index (χ1v) is 7.99.